The van der Waals surface area contributed by atoms with Crippen molar-refractivity contribution in [1.29, 1.82) is 0 Å². The van der Waals surface area contributed by atoms with Crippen LogP contribution in [0, 0.1) is 5.92 Å². The second-order valence-corrected chi connectivity index (χ2v) is 4.32. The molecule has 0 aromatic heterocycles. The van der Waals surface area contributed by atoms with Crippen LogP contribution in [0.5, 0.6) is 5.75 Å². The molecule has 16 heavy (non-hydrogen) atoms. The molecule has 0 saturated carbocycles. The van der Waals surface area contributed by atoms with Gasteiger partial charge in [-0.05, 0) is 42.3 Å². The van der Waals surface area contributed by atoms with E-state index >= 15 is 0 Å². The van der Waals surface area contributed by atoms with Gasteiger partial charge in [0.1, 0.15) is 5.75 Å². The molecule has 1 aromatic rings. The average molecular weight is 238 g/mol. The highest BCUT2D eigenvalue weighted by Crippen LogP contribution is 2.30. The van der Waals surface area contributed by atoms with Crippen LogP contribution < -0.4 is 0 Å². The lowest BCUT2D eigenvalue weighted by Crippen LogP contribution is -2.18. The molecule has 2 unspecified atom stereocenters. The second kappa shape index (κ2) is 5.85. The number of ether oxygens (including phenoxy) is 1. The lowest BCUT2D eigenvalue weighted by Gasteiger charge is -2.23. The van der Waals surface area contributed by atoms with E-state index in [1.54, 1.807) is 19.2 Å². The van der Waals surface area contributed by atoms with E-state index < -0.39 is 0 Å². The standard InChI is InChI=1S/C13H18O2S/c1-4-12(9(2)13(16)15-3)10-6-5-7-11(14)8-10/h5-9,12,14H,4H2,1-3H3. The van der Waals surface area contributed by atoms with E-state index in [1.165, 1.54) is 0 Å². The van der Waals surface area contributed by atoms with E-state index in [4.69, 9.17) is 17.0 Å². The molecule has 0 heterocycles. The Bertz CT molecular complexity index is 363. The minimum atomic E-state index is 0.173. The average Bonchev–Trinajstić information content (AvgIpc) is 2.29. The SMILES string of the molecule is CCC(c1cccc(O)c1)C(C)C(=S)OC. The summed E-state index contributed by atoms with van der Waals surface area (Å²) in [7, 11) is 1.61. The Hall–Kier alpha value is -1.09. The Morgan fingerprint density at radius 1 is 1.50 bits per heavy atom. The maximum atomic E-state index is 9.47. The van der Waals surface area contributed by atoms with E-state index in [0.717, 1.165) is 12.0 Å². The highest BCUT2D eigenvalue weighted by molar-refractivity contribution is 7.80. The van der Waals surface area contributed by atoms with Crippen molar-refractivity contribution >= 4 is 17.3 Å². The van der Waals surface area contributed by atoms with Crippen LogP contribution in [0.4, 0.5) is 0 Å². The monoisotopic (exact) mass is 238 g/mol. The number of hydrogen-bond donors (Lipinski definition) is 1. The molecule has 1 rings (SSSR count). The van der Waals surface area contributed by atoms with Gasteiger partial charge >= 0.3 is 0 Å². The Kier molecular flexibility index (Phi) is 4.74. The molecule has 0 spiro atoms. The summed E-state index contributed by atoms with van der Waals surface area (Å²) in [5, 5.41) is 10.1. The molecule has 0 aliphatic heterocycles. The highest BCUT2D eigenvalue weighted by atomic mass is 32.1. The minimum Gasteiger partial charge on any atom is -0.508 e. The molecule has 0 fully saturated rings. The number of rotatable bonds is 4. The smallest absolute Gasteiger partial charge is 0.162 e. The summed E-state index contributed by atoms with van der Waals surface area (Å²) in [4.78, 5) is 0. The van der Waals surface area contributed by atoms with Crippen LogP contribution in [-0.2, 0) is 4.74 Å². The number of hydrogen-bond acceptors (Lipinski definition) is 3. The van der Waals surface area contributed by atoms with Crippen molar-refractivity contribution < 1.29 is 9.84 Å². The van der Waals surface area contributed by atoms with Gasteiger partial charge in [-0.25, -0.2) is 0 Å². The maximum Gasteiger partial charge on any atom is 0.162 e. The quantitative estimate of drug-likeness (QED) is 0.814. The van der Waals surface area contributed by atoms with Crippen molar-refractivity contribution in [3.63, 3.8) is 0 Å². The lowest BCUT2D eigenvalue weighted by molar-refractivity contribution is 0.365. The first-order valence-corrected chi connectivity index (χ1v) is 5.87. The zero-order valence-corrected chi connectivity index (χ0v) is 10.8. The van der Waals surface area contributed by atoms with E-state index in [2.05, 4.69) is 13.8 Å². The first kappa shape index (κ1) is 13.0. The molecular formula is C13H18O2S. The molecule has 0 aliphatic rings. The maximum absolute atomic E-state index is 9.47. The third kappa shape index (κ3) is 2.95. The van der Waals surface area contributed by atoms with E-state index in [9.17, 15) is 5.11 Å². The minimum absolute atomic E-state index is 0.173. The predicted molar refractivity (Wildman–Crippen MR) is 69.9 cm³/mol. The normalized spacial score (nSPS) is 14.2. The second-order valence-electron chi connectivity index (χ2n) is 3.92. The fraction of sp³-hybridized carbons (Fsp3) is 0.462. The Morgan fingerprint density at radius 3 is 2.69 bits per heavy atom. The molecule has 3 heteroatoms. The van der Waals surface area contributed by atoms with E-state index in [-0.39, 0.29) is 5.92 Å². The first-order valence-electron chi connectivity index (χ1n) is 5.46. The van der Waals surface area contributed by atoms with Gasteiger partial charge in [0.2, 0.25) is 0 Å². The fourth-order valence-electron chi connectivity index (χ4n) is 1.98. The largest absolute Gasteiger partial charge is 0.508 e. The molecule has 0 radical (unpaired) electrons. The highest BCUT2D eigenvalue weighted by Gasteiger charge is 2.22. The van der Waals surface area contributed by atoms with Crippen LogP contribution in [-0.4, -0.2) is 17.3 Å². The summed E-state index contributed by atoms with van der Waals surface area (Å²) in [5.41, 5.74) is 1.11. The van der Waals surface area contributed by atoms with Gasteiger partial charge in [-0.2, -0.15) is 0 Å². The number of phenols is 1. The predicted octanol–water partition coefficient (Wildman–Crippen LogP) is 3.50. The van der Waals surface area contributed by atoms with Gasteiger partial charge < -0.3 is 9.84 Å². The zero-order valence-electron chi connectivity index (χ0n) is 9.93. The molecule has 0 amide bonds. The Balaban J connectivity index is 2.94. The van der Waals surface area contributed by atoms with Crippen molar-refractivity contribution in [2.75, 3.05) is 7.11 Å². The molecule has 1 aromatic carbocycles. The topological polar surface area (TPSA) is 29.5 Å². The number of phenolic OH excluding ortho intramolecular Hbond substituents is 1. The van der Waals surface area contributed by atoms with Crippen LogP contribution in [0.3, 0.4) is 0 Å². The molecule has 0 saturated heterocycles. The first-order chi connectivity index (χ1) is 7.60. The number of thiocarbonyl (C=S) groups is 1. The Morgan fingerprint density at radius 2 is 2.19 bits per heavy atom. The van der Waals surface area contributed by atoms with Crippen LogP contribution in [0.1, 0.15) is 31.7 Å². The summed E-state index contributed by atoms with van der Waals surface area (Å²) < 4.78 is 5.12. The summed E-state index contributed by atoms with van der Waals surface area (Å²) in [5.74, 6) is 0.762. The summed E-state index contributed by atoms with van der Waals surface area (Å²) in [6.45, 7) is 4.17. The summed E-state index contributed by atoms with van der Waals surface area (Å²) >= 11 is 5.17. The third-order valence-electron chi connectivity index (χ3n) is 2.91. The molecule has 2 atom stereocenters. The van der Waals surface area contributed by atoms with Gasteiger partial charge in [-0.3, -0.25) is 0 Å². The molecule has 2 nitrogen and oxygen atoms in total. The Labute approximate surface area is 102 Å². The van der Waals surface area contributed by atoms with Crippen molar-refractivity contribution in [3.05, 3.63) is 29.8 Å². The van der Waals surface area contributed by atoms with Gasteiger partial charge in [0.05, 0.1) is 7.11 Å². The number of aromatic hydroxyl groups is 1. The fourth-order valence-corrected chi connectivity index (χ4v) is 2.15. The summed E-state index contributed by atoms with van der Waals surface area (Å²) in [6, 6.07) is 7.34. The number of benzene rings is 1. The van der Waals surface area contributed by atoms with Crippen molar-refractivity contribution in [1.82, 2.24) is 0 Å². The van der Waals surface area contributed by atoms with Crippen LogP contribution in [0.25, 0.3) is 0 Å². The van der Waals surface area contributed by atoms with Crippen molar-refractivity contribution in [3.8, 4) is 5.75 Å². The van der Waals surface area contributed by atoms with Crippen molar-refractivity contribution in [2.24, 2.45) is 5.92 Å². The molecule has 0 aliphatic carbocycles. The zero-order chi connectivity index (χ0) is 12.1. The van der Waals surface area contributed by atoms with Gasteiger partial charge in [0, 0.05) is 5.92 Å². The van der Waals surface area contributed by atoms with Gasteiger partial charge in [0.25, 0.3) is 0 Å². The number of methoxy groups -OCH3 is 1. The van der Waals surface area contributed by atoms with Crippen LogP contribution in [0.2, 0.25) is 0 Å². The van der Waals surface area contributed by atoms with Gasteiger partial charge in [0.15, 0.2) is 5.05 Å². The molecule has 0 bridgehead atoms. The van der Waals surface area contributed by atoms with E-state index in [1.807, 2.05) is 12.1 Å². The van der Waals surface area contributed by atoms with Crippen molar-refractivity contribution in [2.45, 2.75) is 26.2 Å². The third-order valence-corrected chi connectivity index (χ3v) is 3.45. The molecule has 88 valence electrons. The van der Waals surface area contributed by atoms with Gasteiger partial charge in [-0.1, -0.05) is 26.0 Å². The van der Waals surface area contributed by atoms with Crippen LogP contribution >= 0.6 is 12.2 Å². The lowest BCUT2D eigenvalue weighted by atomic mass is 9.85. The van der Waals surface area contributed by atoms with Gasteiger partial charge in [-0.15, -0.1) is 0 Å². The van der Waals surface area contributed by atoms with E-state index in [0.29, 0.717) is 16.7 Å². The molecular weight excluding hydrogens is 220 g/mol. The van der Waals surface area contributed by atoms with Crippen LogP contribution in [0.15, 0.2) is 24.3 Å². The summed E-state index contributed by atoms with van der Waals surface area (Å²) in [6.07, 6.45) is 0.966. The molecule has 1 N–H and O–H groups in total.